The minimum absolute atomic E-state index is 0.0182. The lowest BCUT2D eigenvalue weighted by molar-refractivity contribution is 0.101. The van der Waals surface area contributed by atoms with Gasteiger partial charge in [0.05, 0.1) is 0 Å². The third kappa shape index (κ3) is 3.33. The van der Waals surface area contributed by atoms with Gasteiger partial charge < -0.3 is 4.74 Å². The third-order valence-electron chi connectivity index (χ3n) is 2.73. The van der Waals surface area contributed by atoms with Crippen LogP contribution in [0.3, 0.4) is 0 Å². The molecule has 0 amide bonds. The first kappa shape index (κ1) is 14.5. The standard InChI is InChI=1S/C15H11ClF2O2/c1-9(19)10-2-5-15(14(18)7-10)20-8-11-6-12(17)3-4-13(11)16/h2-7H,8H2,1H3. The van der Waals surface area contributed by atoms with Crippen molar-refractivity contribution in [2.45, 2.75) is 13.5 Å². The van der Waals surface area contributed by atoms with Crippen molar-refractivity contribution in [1.82, 2.24) is 0 Å². The molecule has 0 atom stereocenters. The van der Waals surface area contributed by atoms with E-state index in [2.05, 4.69) is 0 Å². The molecule has 0 saturated carbocycles. The molecule has 0 N–H and O–H groups in total. The maximum Gasteiger partial charge on any atom is 0.165 e. The Morgan fingerprint density at radius 3 is 2.60 bits per heavy atom. The van der Waals surface area contributed by atoms with Gasteiger partial charge in [0.2, 0.25) is 0 Å². The summed E-state index contributed by atoms with van der Waals surface area (Å²) in [4.78, 5) is 11.1. The number of carbonyl (C=O) groups excluding carboxylic acids is 1. The van der Waals surface area contributed by atoms with Crippen LogP contribution in [0.1, 0.15) is 22.8 Å². The topological polar surface area (TPSA) is 26.3 Å². The lowest BCUT2D eigenvalue weighted by Gasteiger charge is -2.09. The monoisotopic (exact) mass is 296 g/mol. The molecule has 0 aliphatic heterocycles. The second kappa shape index (κ2) is 6.01. The van der Waals surface area contributed by atoms with Gasteiger partial charge in [-0.2, -0.15) is 0 Å². The van der Waals surface area contributed by atoms with Crippen LogP contribution in [0.25, 0.3) is 0 Å². The van der Waals surface area contributed by atoms with Gasteiger partial charge in [-0.15, -0.1) is 0 Å². The summed E-state index contributed by atoms with van der Waals surface area (Å²) in [6.45, 7) is 1.29. The molecule has 0 aliphatic carbocycles. The van der Waals surface area contributed by atoms with E-state index in [9.17, 15) is 13.6 Å². The maximum absolute atomic E-state index is 13.7. The van der Waals surface area contributed by atoms with Gasteiger partial charge >= 0.3 is 0 Å². The summed E-state index contributed by atoms with van der Waals surface area (Å²) in [5, 5.41) is 0.340. The summed E-state index contributed by atoms with van der Waals surface area (Å²) in [7, 11) is 0. The van der Waals surface area contributed by atoms with E-state index in [1.165, 1.54) is 37.3 Å². The molecule has 2 aromatic rings. The van der Waals surface area contributed by atoms with Gasteiger partial charge in [0.25, 0.3) is 0 Å². The van der Waals surface area contributed by atoms with Gasteiger partial charge in [-0.25, -0.2) is 8.78 Å². The zero-order chi connectivity index (χ0) is 14.7. The number of benzene rings is 2. The summed E-state index contributed by atoms with van der Waals surface area (Å²) in [5.41, 5.74) is 0.681. The maximum atomic E-state index is 13.7. The Labute approximate surface area is 119 Å². The molecular weight excluding hydrogens is 286 g/mol. The van der Waals surface area contributed by atoms with Crippen molar-refractivity contribution in [3.05, 3.63) is 64.2 Å². The van der Waals surface area contributed by atoms with Crippen molar-refractivity contribution in [3.63, 3.8) is 0 Å². The molecule has 0 radical (unpaired) electrons. The highest BCUT2D eigenvalue weighted by molar-refractivity contribution is 6.31. The van der Waals surface area contributed by atoms with Gasteiger partial charge in [0, 0.05) is 16.1 Å². The summed E-state index contributed by atoms with van der Waals surface area (Å²) < 4.78 is 32.0. The Bertz CT molecular complexity index is 656. The first-order valence-corrected chi connectivity index (χ1v) is 6.22. The summed E-state index contributed by atoms with van der Waals surface area (Å²) in [6, 6.07) is 7.79. The average molecular weight is 297 g/mol. The summed E-state index contributed by atoms with van der Waals surface area (Å²) in [5.74, 6) is -1.34. The molecule has 0 bridgehead atoms. The fourth-order valence-corrected chi connectivity index (χ4v) is 1.82. The normalized spacial score (nSPS) is 10.4. The molecule has 0 heterocycles. The van der Waals surface area contributed by atoms with Crippen molar-refractivity contribution < 1.29 is 18.3 Å². The molecule has 20 heavy (non-hydrogen) atoms. The minimum Gasteiger partial charge on any atom is -0.486 e. The largest absolute Gasteiger partial charge is 0.486 e. The fraction of sp³-hybridized carbons (Fsp3) is 0.133. The number of carbonyl (C=O) groups is 1. The van der Waals surface area contributed by atoms with Crippen LogP contribution < -0.4 is 4.74 Å². The van der Waals surface area contributed by atoms with E-state index in [0.717, 1.165) is 6.07 Å². The minimum atomic E-state index is -0.648. The lowest BCUT2D eigenvalue weighted by atomic mass is 10.1. The Kier molecular flexibility index (Phi) is 4.35. The molecule has 2 rings (SSSR count). The zero-order valence-electron chi connectivity index (χ0n) is 10.6. The molecule has 104 valence electrons. The van der Waals surface area contributed by atoms with Crippen LogP contribution in [0.5, 0.6) is 5.75 Å². The lowest BCUT2D eigenvalue weighted by Crippen LogP contribution is -2.00. The van der Waals surface area contributed by atoms with Crippen molar-refractivity contribution in [2.24, 2.45) is 0 Å². The van der Waals surface area contributed by atoms with Crippen LogP contribution in [0.4, 0.5) is 8.78 Å². The number of rotatable bonds is 4. The van der Waals surface area contributed by atoms with Crippen molar-refractivity contribution in [1.29, 1.82) is 0 Å². The molecule has 2 aromatic carbocycles. The first-order chi connectivity index (χ1) is 9.47. The summed E-state index contributed by atoms with van der Waals surface area (Å²) >= 11 is 5.88. The number of ketones is 1. The molecule has 0 aromatic heterocycles. The molecule has 0 unspecified atom stereocenters. The predicted molar refractivity (Wildman–Crippen MR) is 72.1 cm³/mol. The van der Waals surface area contributed by atoms with E-state index in [-0.39, 0.29) is 23.7 Å². The molecule has 0 spiro atoms. The van der Waals surface area contributed by atoms with E-state index in [0.29, 0.717) is 10.6 Å². The van der Waals surface area contributed by atoms with Gasteiger partial charge in [-0.1, -0.05) is 11.6 Å². The van der Waals surface area contributed by atoms with Crippen LogP contribution in [0.15, 0.2) is 36.4 Å². The van der Waals surface area contributed by atoms with Crippen LogP contribution in [-0.2, 0) is 6.61 Å². The van der Waals surface area contributed by atoms with Crippen LogP contribution in [0.2, 0.25) is 5.02 Å². The number of hydrogen-bond donors (Lipinski definition) is 0. The second-order valence-corrected chi connectivity index (χ2v) is 4.63. The number of ether oxygens (including phenoxy) is 1. The Hall–Kier alpha value is -1.94. The predicted octanol–water partition coefficient (Wildman–Crippen LogP) is 4.40. The second-order valence-electron chi connectivity index (χ2n) is 4.23. The highest BCUT2D eigenvalue weighted by Crippen LogP contribution is 2.23. The Morgan fingerprint density at radius 1 is 1.20 bits per heavy atom. The van der Waals surface area contributed by atoms with Crippen LogP contribution in [0, 0.1) is 11.6 Å². The van der Waals surface area contributed by atoms with Gasteiger partial charge in [-0.3, -0.25) is 4.79 Å². The van der Waals surface area contributed by atoms with Crippen molar-refractivity contribution >= 4 is 17.4 Å². The third-order valence-corrected chi connectivity index (χ3v) is 3.10. The molecule has 0 aliphatic rings. The highest BCUT2D eigenvalue weighted by Gasteiger charge is 2.09. The van der Waals surface area contributed by atoms with Gasteiger partial charge in [0.1, 0.15) is 12.4 Å². The average Bonchev–Trinajstić information content (AvgIpc) is 2.40. The first-order valence-electron chi connectivity index (χ1n) is 5.84. The molecular formula is C15H11ClF2O2. The number of Topliss-reactive ketones (excluding diaryl/α,β-unsaturated/α-hetero) is 1. The van der Waals surface area contributed by atoms with Crippen molar-refractivity contribution in [3.8, 4) is 5.75 Å². The SMILES string of the molecule is CC(=O)c1ccc(OCc2cc(F)ccc2Cl)c(F)c1. The van der Waals surface area contributed by atoms with Crippen LogP contribution in [-0.4, -0.2) is 5.78 Å². The number of halogens is 3. The highest BCUT2D eigenvalue weighted by atomic mass is 35.5. The zero-order valence-corrected chi connectivity index (χ0v) is 11.4. The Morgan fingerprint density at radius 2 is 1.95 bits per heavy atom. The quantitative estimate of drug-likeness (QED) is 0.782. The molecule has 2 nitrogen and oxygen atoms in total. The van der Waals surface area contributed by atoms with Gasteiger partial charge in [-0.05, 0) is 43.3 Å². The van der Waals surface area contributed by atoms with E-state index < -0.39 is 11.6 Å². The van der Waals surface area contributed by atoms with E-state index >= 15 is 0 Å². The van der Waals surface area contributed by atoms with Crippen LogP contribution >= 0.6 is 11.6 Å². The summed E-state index contributed by atoms with van der Waals surface area (Å²) in [6.07, 6.45) is 0. The Balaban J connectivity index is 2.15. The number of hydrogen-bond acceptors (Lipinski definition) is 2. The smallest absolute Gasteiger partial charge is 0.165 e. The molecule has 5 heteroatoms. The van der Waals surface area contributed by atoms with Crippen molar-refractivity contribution in [2.75, 3.05) is 0 Å². The molecule has 0 fully saturated rings. The molecule has 0 saturated heterocycles. The fourth-order valence-electron chi connectivity index (χ4n) is 1.65. The van der Waals surface area contributed by atoms with E-state index in [4.69, 9.17) is 16.3 Å². The van der Waals surface area contributed by atoms with Gasteiger partial charge in [0.15, 0.2) is 17.3 Å². The van der Waals surface area contributed by atoms with E-state index in [1.54, 1.807) is 0 Å². The van der Waals surface area contributed by atoms with E-state index in [1.807, 2.05) is 0 Å².